The van der Waals surface area contributed by atoms with E-state index in [0.29, 0.717) is 22.8 Å². The van der Waals surface area contributed by atoms with Gasteiger partial charge in [0.25, 0.3) is 0 Å². The lowest BCUT2D eigenvalue weighted by Gasteiger charge is -2.07. The van der Waals surface area contributed by atoms with Crippen molar-refractivity contribution in [1.82, 2.24) is 20.2 Å². The second-order valence-corrected chi connectivity index (χ2v) is 4.00. The molecule has 7 heteroatoms. The number of carbonyl (C=O) groups excluding carboxylic acids is 1. The molecule has 0 aliphatic carbocycles. The number of nitrogens with zero attached hydrogens (tertiary/aromatic N) is 2. The summed E-state index contributed by atoms with van der Waals surface area (Å²) in [7, 11) is 1.53. The summed E-state index contributed by atoms with van der Waals surface area (Å²) in [4.78, 5) is 18.6. The summed E-state index contributed by atoms with van der Waals surface area (Å²) in [6, 6.07) is 4.96. The van der Waals surface area contributed by atoms with Gasteiger partial charge in [0.05, 0.1) is 18.9 Å². The van der Waals surface area contributed by atoms with Gasteiger partial charge in [0, 0.05) is 5.56 Å². The van der Waals surface area contributed by atoms with Crippen molar-refractivity contribution >= 4 is 17.1 Å². The van der Waals surface area contributed by atoms with Crippen LogP contribution in [-0.2, 0) is 0 Å². The van der Waals surface area contributed by atoms with Crippen molar-refractivity contribution in [3.63, 3.8) is 0 Å². The molecule has 4 N–H and O–H groups in total. The van der Waals surface area contributed by atoms with Gasteiger partial charge in [-0.3, -0.25) is 9.89 Å². The molecule has 0 bridgehead atoms. The Morgan fingerprint density at radius 1 is 1.42 bits per heavy atom. The van der Waals surface area contributed by atoms with Crippen LogP contribution in [0.3, 0.4) is 0 Å². The van der Waals surface area contributed by atoms with Gasteiger partial charge in [-0.15, -0.1) is 0 Å². The molecule has 0 radical (unpaired) electrons. The summed E-state index contributed by atoms with van der Waals surface area (Å²) in [6.45, 7) is 0. The van der Waals surface area contributed by atoms with Crippen molar-refractivity contribution in [2.24, 2.45) is 5.73 Å². The van der Waals surface area contributed by atoms with Crippen molar-refractivity contribution in [2.45, 2.75) is 0 Å². The number of hydrogen-bond acceptors (Lipinski definition) is 4. The predicted octanol–water partition coefficient (Wildman–Crippen LogP) is 1.06. The van der Waals surface area contributed by atoms with Crippen LogP contribution in [-0.4, -0.2) is 33.2 Å². The first-order valence-corrected chi connectivity index (χ1v) is 5.56. The van der Waals surface area contributed by atoms with Crippen LogP contribution in [0.25, 0.3) is 22.6 Å². The molecule has 2 aromatic heterocycles. The van der Waals surface area contributed by atoms with Gasteiger partial charge >= 0.3 is 0 Å². The molecule has 0 aliphatic heterocycles. The summed E-state index contributed by atoms with van der Waals surface area (Å²) in [5.41, 5.74) is 7.84. The van der Waals surface area contributed by atoms with Crippen LogP contribution in [0.2, 0.25) is 0 Å². The molecule has 3 aromatic rings. The molecule has 1 amide bonds. The average molecular weight is 257 g/mol. The fraction of sp³-hybridized carbons (Fsp3) is 0.0833. The quantitative estimate of drug-likeness (QED) is 0.651. The normalized spacial score (nSPS) is 10.8. The number of aromatic nitrogens is 4. The molecule has 3 rings (SSSR count). The molecule has 0 saturated heterocycles. The van der Waals surface area contributed by atoms with Crippen LogP contribution < -0.4 is 10.5 Å². The molecule has 0 spiro atoms. The highest BCUT2D eigenvalue weighted by Crippen LogP contribution is 2.29. The number of aromatic amines is 2. The van der Waals surface area contributed by atoms with Crippen molar-refractivity contribution in [2.75, 3.05) is 7.11 Å². The van der Waals surface area contributed by atoms with Crippen LogP contribution in [0.15, 0.2) is 24.4 Å². The fourth-order valence-corrected chi connectivity index (χ4v) is 1.89. The topological polar surface area (TPSA) is 110 Å². The third kappa shape index (κ3) is 1.81. The third-order valence-corrected chi connectivity index (χ3v) is 2.84. The lowest BCUT2D eigenvalue weighted by Crippen LogP contribution is -2.11. The van der Waals surface area contributed by atoms with E-state index < -0.39 is 5.91 Å². The van der Waals surface area contributed by atoms with Crippen LogP contribution in [0, 0.1) is 0 Å². The molecule has 0 fully saturated rings. The summed E-state index contributed by atoms with van der Waals surface area (Å²) in [5.74, 6) is 0.665. The number of nitrogens with two attached hydrogens (primary N) is 1. The molecule has 2 heterocycles. The molecule has 7 nitrogen and oxygen atoms in total. The van der Waals surface area contributed by atoms with Crippen LogP contribution >= 0.6 is 0 Å². The van der Waals surface area contributed by atoms with Crippen molar-refractivity contribution in [1.29, 1.82) is 0 Å². The van der Waals surface area contributed by atoms with Gasteiger partial charge in [-0.05, 0) is 18.2 Å². The number of imidazole rings is 1. The molecule has 0 saturated carbocycles. The summed E-state index contributed by atoms with van der Waals surface area (Å²) >= 11 is 0. The monoisotopic (exact) mass is 257 g/mol. The van der Waals surface area contributed by atoms with Gasteiger partial charge in [0.2, 0.25) is 5.91 Å². The number of primary amides is 1. The van der Waals surface area contributed by atoms with Crippen LogP contribution in [0.4, 0.5) is 0 Å². The van der Waals surface area contributed by atoms with Gasteiger partial charge in [0.15, 0.2) is 5.65 Å². The second kappa shape index (κ2) is 4.13. The Morgan fingerprint density at radius 2 is 2.26 bits per heavy atom. The smallest absolute Gasteiger partial charge is 0.248 e. The molecule has 0 atom stereocenters. The first kappa shape index (κ1) is 11.3. The number of ether oxygens (including phenoxy) is 1. The van der Waals surface area contributed by atoms with Gasteiger partial charge in [-0.1, -0.05) is 0 Å². The molecule has 0 aliphatic rings. The number of fused-ring (bicyclic) bond motifs is 1. The minimum Gasteiger partial charge on any atom is -0.496 e. The highest BCUT2D eigenvalue weighted by molar-refractivity contribution is 5.94. The Balaban J connectivity index is 2.13. The average Bonchev–Trinajstić information content (AvgIpc) is 2.98. The van der Waals surface area contributed by atoms with Gasteiger partial charge in [-0.2, -0.15) is 5.10 Å². The Bertz CT molecular complexity index is 730. The maximum absolute atomic E-state index is 11.1. The number of methoxy groups -OCH3 is 1. The lowest BCUT2D eigenvalue weighted by atomic mass is 10.1. The predicted molar refractivity (Wildman–Crippen MR) is 68.7 cm³/mol. The highest BCUT2D eigenvalue weighted by atomic mass is 16.5. The fourth-order valence-electron chi connectivity index (χ4n) is 1.89. The van der Waals surface area contributed by atoms with E-state index in [-0.39, 0.29) is 0 Å². The van der Waals surface area contributed by atoms with E-state index in [4.69, 9.17) is 10.5 Å². The second-order valence-electron chi connectivity index (χ2n) is 4.00. The minimum absolute atomic E-state index is 0.388. The number of H-pyrrole nitrogens is 2. The maximum Gasteiger partial charge on any atom is 0.248 e. The number of carbonyl (C=O) groups is 1. The molecule has 0 unspecified atom stereocenters. The van der Waals surface area contributed by atoms with Crippen LogP contribution in [0.5, 0.6) is 5.75 Å². The largest absolute Gasteiger partial charge is 0.496 e. The maximum atomic E-state index is 11.1. The Morgan fingerprint density at radius 3 is 2.95 bits per heavy atom. The summed E-state index contributed by atoms with van der Waals surface area (Å²) < 4.78 is 5.27. The van der Waals surface area contributed by atoms with E-state index in [1.165, 1.54) is 7.11 Å². The zero-order valence-corrected chi connectivity index (χ0v) is 10.1. The van der Waals surface area contributed by atoms with E-state index in [1.807, 2.05) is 0 Å². The Labute approximate surface area is 107 Å². The van der Waals surface area contributed by atoms with E-state index in [2.05, 4.69) is 20.2 Å². The zero-order valence-electron chi connectivity index (χ0n) is 10.1. The molecule has 19 heavy (non-hydrogen) atoms. The van der Waals surface area contributed by atoms with Crippen molar-refractivity contribution in [3.8, 4) is 17.1 Å². The standard InChI is InChI=1S/C12H11N5O2/c1-19-9-4-6(10(13)18)2-3-7(9)11-15-8-5-14-17-12(8)16-11/h2-5H,1H3,(H2,13,18)(H2,14,15,16,17). The zero-order chi connectivity index (χ0) is 13.4. The highest BCUT2D eigenvalue weighted by Gasteiger charge is 2.13. The van der Waals surface area contributed by atoms with Gasteiger partial charge < -0.3 is 15.5 Å². The van der Waals surface area contributed by atoms with E-state index in [0.717, 1.165) is 11.1 Å². The molecular weight excluding hydrogens is 246 g/mol. The van der Waals surface area contributed by atoms with E-state index in [9.17, 15) is 4.79 Å². The molecular formula is C12H11N5O2. The van der Waals surface area contributed by atoms with Crippen molar-refractivity contribution in [3.05, 3.63) is 30.0 Å². The Kier molecular flexibility index (Phi) is 2.45. The summed E-state index contributed by atoms with van der Waals surface area (Å²) in [6.07, 6.45) is 1.65. The number of nitrogens with one attached hydrogen (secondary N) is 2. The van der Waals surface area contributed by atoms with Gasteiger partial charge in [-0.25, -0.2) is 4.98 Å². The van der Waals surface area contributed by atoms with E-state index >= 15 is 0 Å². The minimum atomic E-state index is -0.499. The Hall–Kier alpha value is -2.83. The van der Waals surface area contributed by atoms with E-state index in [1.54, 1.807) is 24.4 Å². The SMILES string of the molecule is COc1cc(C(N)=O)ccc1-c1nc2[nH]ncc2[nH]1. The lowest BCUT2D eigenvalue weighted by molar-refractivity contribution is 0.1000. The summed E-state index contributed by atoms with van der Waals surface area (Å²) in [5, 5.41) is 6.63. The number of rotatable bonds is 3. The molecule has 96 valence electrons. The number of benzene rings is 1. The first-order valence-electron chi connectivity index (χ1n) is 5.56. The van der Waals surface area contributed by atoms with Crippen molar-refractivity contribution < 1.29 is 9.53 Å². The number of hydrogen-bond donors (Lipinski definition) is 3. The number of amides is 1. The first-order chi connectivity index (χ1) is 9.19. The molecule has 1 aromatic carbocycles. The van der Waals surface area contributed by atoms with Gasteiger partial charge in [0.1, 0.15) is 17.1 Å². The van der Waals surface area contributed by atoms with Crippen LogP contribution in [0.1, 0.15) is 10.4 Å². The third-order valence-electron chi connectivity index (χ3n) is 2.84.